The highest BCUT2D eigenvalue weighted by Crippen LogP contribution is 2.40. The summed E-state index contributed by atoms with van der Waals surface area (Å²) in [6, 6.07) is 10.5. The molecule has 7 nitrogen and oxygen atoms in total. The van der Waals surface area contributed by atoms with Gasteiger partial charge in [-0.1, -0.05) is 0 Å². The second kappa shape index (κ2) is 5.87. The van der Waals surface area contributed by atoms with Crippen molar-refractivity contribution in [3.05, 3.63) is 58.0 Å². The highest BCUT2D eigenvalue weighted by atomic mass is 16.5. The van der Waals surface area contributed by atoms with Gasteiger partial charge in [-0.3, -0.25) is 9.36 Å². The van der Waals surface area contributed by atoms with E-state index in [2.05, 4.69) is 4.98 Å². The number of aromatic nitrogens is 2. The first-order valence-electron chi connectivity index (χ1n) is 8.30. The predicted molar refractivity (Wildman–Crippen MR) is 99.5 cm³/mol. The van der Waals surface area contributed by atoms with Crippen LogP contribution in [0.5, 0.6) is 0 Å². The molecule has 0 atom stereocenters. The molecule has 0 aliphatic heterocycles. The lowest BCUT2D eigenvalue weighted by Gasteiger charge is -2.15. The van der Waals surface area contributed by atoms with Crippen molar-refractivity contribution in [2.45, 2.75) is 18.8 Å². The maximum absolute atomic E-state index is 13.1. The van der Waals surface area contributed by atoms with E-state index in [-0.39, 0.29) is 11.3 Å². The second-order valence-corrected chi connectivity index (χ2v) is 6.39. The Morgan fingerprint density at radius 2 is 1.85 bits per heavy atom. The number of hydrogen-bond acceptors (Lipinski definition) is 6. The van der Waals surface area contributed by atoms with Gasteiger partial charge in [-0.2, -0.15) is 0 Å². The summed E-state index contributed by atoms with van der Waals surface area (Å²) >= 11 is 0. The van der Waals surface area contributed by atoms with Crippen LogP contribution in [0.15, 0.2) is 41.2 Å². The number of fused-ring (bicyclic) bond motifs is 1. The molecule has 1 aliphatic carbocycles. The molecule has 4 rings (SSSR count). The summed E-state index contributed by atoms with van der Waals surface area (Å²) in [5.74, 6) is -0.360. The summed E-state index contributed by atoms with van der Waals surface area (Å²) in [6.45, 7) is 0. The minimum atomic E-state index is -0.773. The zero-order valence-corrected chi connectivity index (χ0v) is 14.2. The van der Waals surface area contributed by atoms with Crippen molar-refractivity contribution in [2.24, 2.45) is 0 Å². The van der Waals surface area contributed by atoms with Gasteiger partial charge in [-0.15, -0.1) is 0 Å². The van der Waals surface area contributed by atoms with Gasteiger partial charge in [0.05, 0.1) is 18.5 Å². The smallest absolute Gasteiger partial charge is 0.345 e. The highest BCUT2D eigenvalue weighted by Gasteiger charge is 2.27. The summed E-state index contributed by atoms with van der Waals surface area (Å²) in [5.41, 5.74) is 13.7. The predicted octanol–water partition coefficient (Wildman–Crippen LogP) is 2.21. The fourth-order valence-corrected chi connectivity index (χ4v) is 3.07. The van der Waals surface area contributed by atoms with Crippen LogP contribution in [0.1, 0.15) is 34.8 Å². The summed E-state index contributed by atoms with van der Waals surface area (Å²) in [4.78, 5) is 29.9. The Bertz CT molecular complexity index is 1080. The number of nitrogens with zero attached hydrogens (tertiary/aromatic N) is 2. The number of carbonyl (C=O) groups is 1. The number of nitrogen functional groups attached to an aromatic ring is 2. The van der Waals surface area contributed by atoms with Crippen LogP contribution in [-0.4, -0.2) is 22.6 Å². The summed E-state index contributed by atoms with van der Waals surface area (Å²) in [7, 11) is 1.22. The number of esters is 1. The van der Waals surface area contributed by atoms with Crippen LogP contribution in [0.3, 0.4) is 0 Å². The molecular weight excluding hydrogens is 332 g/mol. The van der Waals surface area contributed by atoms with Crippen LogP contribution in [-0.2, 0) is 4.74 Å². The number of anilines is 2. The fraction of sp³-hybridized carbons (Fsp3) is 0.211. The van der Waals surface area contributed by atoms with Crippen molar-refractivity contribution >= 4 is 28.4 Å². The molecule has 0 amide bonds. The van der Waals surface area contributed by atoms with Crippen LogP contribution < -0.4 is 17.0 Å². The minimum Gasteiger partial charge on any atom is -0.465 e. The Labute approximate surface area is 149 Å². The number of carbonyl (C=O) groups excluding carboxylic acids is 1. The van der Waals surface area contributed by atoms with Gasteiger partial charge in [0.25, 0.3) is 5.56 Å². The number of ether oxygens (including phenoxy) is 1. The van der Waals surface area contributed by atoms with Gasteiger partial charge in [-0.25, -0.2) is 9.78 Å². The number of rotatable bonds is 3. The SMILES string of the molecule is COC(=O)c1c(N)c2ccc(C3CC3)nc2n(-c2ccc(N)cc2)c1=O. The molecular formula is C19H18N4O3. The van der Waals surface area contributed by atoms with Crippen LogP contribution in [0, 0.1) is 0 Å². The molecule has 2 aromatic heterocycles. The molecule has 132 valence electrons. The highest BCUT2D eigenvalue weighted by molar-refractivity contribution is 6.03. The van der Waals surface area contributed by atoms with E-state index in [1.54, 1.807) is 24.3 Å². The molecule has 2 heterocycles. The molecule has 26 heavy (non-hydrogen) atoms. The minimum absolute atomic E-state index is 0.0818. The van der Waals surface area contributed by atoms with Crippen molar-refractivity contribution in [1.82, 2.24) is 9.55 Å². The number of nitrogens with two attached hydrogens (primary N) is 2. The van der Waals surface area contributed by atoms with Gasteiger partial charge in [0.2, 0.25) is 0 Å². The normalized spacial score (nSPS) is 13.7. The third-order valence-corrected chi connectivity index (χ3v) is 4.62. The van der Waals surface area contributed by atoms with Crippen molar-refractivity contribution in [2.75, 3.05) is 18.6 Å². The first-order chi connectivity index (χ1) is 12.5. The summed E-state index contributed by atoms with van der Waals surface area (Å²) < 4.78 is 6.15. The van der Waals surface area contributed by atoms with E-state index in [0.717, 1.165) is 18.5 Å². The molecule has 1 fully saturated rings. The van der Waals surface area contributed by atoms with Gasteiger partial charge in [0.15, 0.2) is 0 Å². The number of pyridine rings is 2. The van der Waals surface area contributed by atoms with Crippen LogP contribution in [0.2, 0.25) is 0 Å². The van der Waals surface area contributed by atoms with Gasteiger partial charge in [-0.05, 0) is 49.2 Å². The third-order valence-electron chi connectivity index (χ3n) is 4.62. The van der Waals surface area contributed by atoms with Crippen molar-refractivity contribution < 1.29 is 9.53 Å². The molecule has 0 spiro atoms. The first kappa shape index (κ1) is 16.1. The van der Waals surface area contributed by atoms with E-state index in [9.17, 15) is 9.59 Å². The van der Waals surface area contributed by atoms with E-state index in [0.29, 0.717) is 28.3 Å². The van der Waals surface area contributed by atoms with Gasteiger partial charge < -0.3 is 16.2 Å². The Kier molecular flexibility index (Phi) is 3.64. The van der Waals surface area contributed by atoms with Gasteiger partial charge in [0.1, 0.15) is 11.2 Å². The van der Waals surface area contributed by atoms with E-state index in [4.69, 9.17) is 16.2 Å². The number of methoxy groups -OCH3 is 1. The number of benzene rings is 1. The van der Waals surface area contributed by atoms with Gasteiger partial charge in [0, 0.05) is 22.7 Å². The average molecular weight is 350 g/mol. The maximum Gasteiger partial charge on any atom is 0.345 e. The molecule has 1 aromatic carbocycles. The zero-order chi connectivity index (χ0) is 18.4. The van der Waals surface area contributed by atoms with Crippen LogP contribution in [0.25, 0.3) is 16.7 Å². The first-order valence-corrected chi connectivity index (χ1v) is 8.30. The largest absolute Gasteiger partial charge is 0.465 e. The summed E-state index contributed by atoms with van der Waals surface area (Å²) in [6.07, 6.45) is 2.17. The Morgan fingerprint density at radius 1 is 1.15 bits per heavy atom. The zero-order valence-electron chi connectivity index (χ0n) is 14.2. The Hall–Kier alpha value is -3.35. The second-order valence-electron chi connectivity index (χ2n) is 6.39. The molecule has 0 unspecified atom stereocenters. The molecule has 7 heteroatoms. The van der Waals surface area contributed by atoms with E-state index in [1.807, 2.05) is 12.1 Å². The molecule has 4 N–H and O–H groups in total. The monoisotopic (exact) mass is 350 g/mol. The summed E-state index contributed by atoms with van der Waals surface area (Å²) in [5, 5.41) is 0.534. The maximum atomic E-state index is 13.1. The molecule has 0 bridgehead atoms. The lowest BCUT2D eigenvalue weighted by Crippen LogP contribution is -2.28. The van der Waals surface area contributed by atoms with Crippen molar-refractivity contribution in [1.29, 1.82) is 0 Å². The van der Waals surface area contributed by atoms with Crippen molar-refractivity contribution in [3.63, 3.8) is 0 Å². The van der Waals surface area contributed by atoms with Crippen LogP contribution in [0.4, 0.5) is 11.4 Å². The molecule has 0 radical (unpaired) electrons. The molecule has 0 saturated heterocycles. The third kappa shape index (κ3) is 2.48. The Morgan fingerprint density at radius 3 is 2.46 bits per heavy atom. The van der Waals surface area contributed by atoms with E-state index in [1.165, 1.54) is 11.7 Å². The standard InChI is InChI=1S/C19H18N4O3/c1-26-19(25)15-16(21)13-8-9-14(10-2-3-10)22-17(13)23(18(15)24)12-6-4-11(20)5-7-12/h4-10H,2-3,20-21H2,1H3. The fourth-order valence-electron chi connectivity index (χ4n) is 3.07. The molecule has 1 saturated carbocycles. The van der Waals surface area contributed by atoms with E-state index < -0.39 is 11.5 Å². The van der Waals surface area contributed by atoms with Gasteiger partial charge >= 0.3 is 5.97 Å². The topological polar surface area (TPSA) is 113 Å². The molecule has 1 aliphatic rings. The van der Waals surface area contributed by atoms with Crippen LogP contribution >= 0.6 is 0 Å². The quantitative estimate of drug-likeness (QED) is 0.553. The van der Waals surface area contributed by atoms with E-state index >= 15 is 0 Å². The molecule has 3 aromatic rings. The lowest BCUT2D eigenvalue weighted by atomic mass is 10.1. The number of hydrogen-bond donors (Lipinski definition) is 2. The average Bonchev–Trinajstić information content (AvgIpc) is 3.48. The Balaban J connectivity index is 2.11. The lowest BCUT2D eigenvalue weighted by molar-refractivity contribution is 0.0600. The van der Waals surface area contributed by atoms with Crippen molar-refractivity contribution in [3.8, 4) is 5.69 Å².